The van der Waals surface area contributed by atoms with E-state index in [9.17, 15) is 4.79 Å². The largest absolute Gasteiger partial charge is 0.357 e. The fraction of sp³-hybridized carbons (Fsp3) is 0.550. The van der Waals surface area contributed by atoms with Gasteiger partial charge in [-0.15, -0.1) is 0 Å². The van der Waals surface area contributed by atoms with Crippen LogP contribution in [0.2, 0.25) is 0 Å². The second kappa shape index (κ2) is 6.83. The first-order valence-electron chi connectivity index (χ1n) is 9.56. The summed E-state index contributed by atoms with van der Waals surface area (Å²) in [5.74, 6) is 1.53. The quantitative estimate of drug-likeness (QED) is 0.781. The predicted molar refractivity (Wildman–Crippen MR) is 103 cm³/mol. The number of rotatable bonds is 3. The van der Waals surface area contributed by atoms with Crippen LogP contribution in [0.3, 0.4) is 0 Å². The van der Waals surface area contributed by atoms with Crippen molar-refractivity contribution >= 4 is 17.9 Å². The molecular formula is C20H27N5O. The lowest BCUT2D eigenvalue weighted by Gasteiger charge is -2.31. The van der Waals surface area contributed by atoms with Gasteiger partial charge >= 0.3 is 0 Å². The SMILES string of the molecule is C1=NC(NC2CCC2)NC=C1C1CC1.CC1(C)C(=O)Nc2ncccc21. The molecule has 3 heterocycles. The highest BCUT2D eigenvalue weighted by Gasteiger charge is 2.38. The minimum Gasteiger partial charge on any atom is -0.357 e. The summed E-state index contributed by atoms with van der Waals surface area (Å²) in [5, 5.41) is 9.54. The lowest BCUT2D eigenvalue weighted by molar-refractivity contribution is -0.119. The third-order valence-corrected chi connectivity index (χ3v) is 5.61. The second-order valence-corrected chi connectivity index (χ2v) is 8.04. The molecule has 6 heteroatoms. The summed E-state index contributed by atoms with van der Waals surface area (Å²) in [6.45, 7) is 3.80. The first kappa shape index (κ1) is 17.2. The van der Waals surface area contributed by atoms with Gasteiger partial charge in [0.2, 0.25) is 5.91 Å². The Kier molecular flexibility index (Phi) is 4.53. The van der Waals surface area contributed by atoms with Gasteiger partial charge in [0.25, 0.3) is 0 Å². The van der Waals surface area contributed by atoms with Gasteiger partial charge in [-0.25, -0.2) is 4.98 Å². The van der Waals surface area contributed by atoms with Gasteiger partial charge in [-0.1, -0.05) is 12.5 Å². The Labute approximate surface area is 154 Å². The van der Waals surface area contributed by atoms with Crippen molar-refractivity contribution in [2.24, 2.45) is 10.9 Å². The van der Waals surface area contributed by atoms with E-state index in [1.54, 1.807) is 6.20 Å². The van der Waals surface area contributed by atoms with Gasteiger partial charge < -0.3 is 10.6 Å². The third kappa shape index (κ3) is 3.51. The van der Waals surface area contributed by atoms with Crippen LogP contribution < -0.4 is 16.0 Å². The van der Waals surface area contributed by atoms with Crippen molar-refractivity contribution in [2.75, 3.05) is 5.32 Å². The number of fused-ring (bicyclic) bond motifs is 1. The maximum atomic E-state index is 11.4. The third-order valence-electron chi connectivity index (χ3n) is 5.61. The van der Waals surface area contributed by atoms with E-state index < -0.39 is 5.41 Å². The van der Waals surface area contributed by atoms with Gasteiger partial charge in [0.15, 0.2) is 6.29 Å². The number of carbonyl (C=O) groups excluding carboxylic acids is 1. The molecule has 0 bridgehead atoms. The van der Waals surface area contributed by atoms with Gasteiger partial charge in [0.1, 0.15) is 5.82 Å². The molecule has 5 rings (SSSR count). The van der Waals surface area contributed by atoms with E-state index in [2.05, 4.69) is 32.1 Å². The van der Waals surface area contributed by atoms with E-state index in [-0.39, 0.29) is 12.2 Å². The van der Waals surface area contributed by atoms with Crippen molar-refractivity contribution in [3.63, 3.8) is 0 Å². The highest BCUT2D eigenvalue weighted by Crippen LogP contribution is 2.36. The molecular weight excluding hydrogens is 326 g/mol. The lowest BCUT2D eigenvalue weighted by atomic mass is 9.87. The number of aliphatic imine (C=N–C) groups is 1. The Balaban J connectivity index is 0.000000131. The Morgan fingerprint density at radius 2 is 2.04 bits per heavy atom. The number of pyridine rings is 1. The van der Waals surface area contributed by atoms with Crippen LogP contribution in [0.15, 0.2) is 35.1 Å². The van der Waals surface area contributed by atoms with Gasteiger partial charge in [0.05, 0.1) is 5.41 Å². The average molecular weight is 353 g/mol. The van der Waals surface area contributed by atoms with Crippen LogP contribution in [0.5, 0.6) is 0 Å². The summed E-state index contributed by atoms with van der Waals surface area (Å²) in [6.07, 6.45) is 12.7. The van der Waals surface area contributed by atoms with E-state index in [0.717, 1.165) is 11.5 Å². The lowest BCUT2D eigenvalue weighted by Crippen LogP contribution is -2.48. The molecule has 1 amide bonds. The Morgan fingerprint density at radius 3 is 2.62 bits per heavy atom. The van der Waals surface area contributed by atoms with Crippen molar-refractivity contribution in [2.45, 2.75) is 63.7 Å². The molecule has 1 unspecified atom stereocenters. The topological polar surface area (TPSA) is 78.4 Å². The summed E-state index contributed by atoms with van der Waals surface area (Å²) in [6, 6.07) is 4.47. The molecule has 2 aliphatic heterocycles. The van der Waals surface area contributed by atoms with Crippen LogP contribution in [0.4, 0.5) is 5.82 Å². The number of aromatic nitrogens is 1. The van der Waals surface area contributed by atoms with Crippen LogP contribution in [0, 0.1) is 5.92 Å². The predicted octanol–water partition coefficient (Wildman–Crippen LogP) is 2.69. The number of carbonyl (C=O) groups is 1. The fourth-order valence-corrected chi connectivity index (χ4v) is 3.34. The molecule has 0 radical (unpaired) electrons. The summed E-state index contributed by atoms with van der Waals surface area (Å²) < 4.78 is 0. The van der Waals surface area contributed by atoms with E-state index >= 15 is 0 Å². The highest BCUT2D eigenvalue weighted by atomic mass is 16.2. The number of nitrogens with zero attached hydrogens (tertiary/aromatic N) is 2. The number of anilines is 1. The van der Waals surface area contributed by atoms with Crippen LogP contribution in [-0.4, -0.2) is 29.4 Å². The van der Waals surface area contributed by atoms with Gasteiger partial charge in [-0.2, -0.15) is 0 Å². The highest BCUT2D eigenvalue weighted by molar-refractivity contribution is 6.04. The van der Waals surface area contributed by atoms with Crippen LogP contribution >= 0.6 is 0 Å². The Bertz CT molecular complexity index is 746. The van der Waals surface area contributed by atoms with Gasteiger partial charge in [0, 0.05) is 30.2 Å². The van der Waals surface area contributed by atoms with Crippen molar-refractivity contribution in [1.29, 1.82) is 0 Å². The summed E-state index contributed by atoms with van der Waals surface area (Å²) >= 11 is 0. The number of amides is 1. The smallest absolute Gasteiger partial charge is 0.235 e. The Morgan fingerprint density at radius 1 is 1.23 bits per heavy atom. The van der Waals surface area contributed by atoms with Crippen LogP contribution in [0.25, 0.3) is 0 Å². The maximum Gasteiger partial charge on any atom is 0.235 e. The van der Waals surface area contributed by atoms with Crippen LogP contribution in [0.1, 0.15) is 51.5 Å². The summed E-state index contributed by atoms with van der Waals surface area (Å²) in [4.78, 5) is 20.0. The van der Waals surface area contributed by atoms with Crippen molar-refractivity contribution in [3.8, 4) is 0 Å². The van der Waals surface area contributed by atoms with Crippen molar-refractivity contribution in [3.05, 3.63) is 35.7 Å². The molecule has 26 heavy (non-hydrogen) atoms. The number of hydrogen-bond acceptors (Lipinski definition) is 5. The first-order chi connectivity index (χ1) is 12.5. The van der Waals surface area contributed by atoms with E-state index in [4.69, 9.17) is 0 Å². The normalized spacial score (nSPS) is 25.8. The molecule has 1 aromatic rings. The number of nitrogens with one attached hydrogen (secondary N) is 3. The van der Waals surface area contributed by atoms with Crippen molar-refractivity contribution in [1.82, 2.24) is 15.6 Å². The molecule has 0 aromatic carbocycles. The zero-order valence-corrected chi connectivity index (χ0v) is 15.5. The molecule has 6 nitrogen and oxygen atoms in total. The van der Waals surface area contributed by atoms with Gasteiger partial charge in [-0.05, 0) is 57.1 Å². The Hall–Kier alpha value is -2.21. The fourth-order valence-electron chi connectivity index (χ4n) is 3.34. The molecule has 2 aliphatic carbocycles. The monoisotopic (exact) mass is 353 g/mol. The number of hydrogen-bond donors (Lipinski definition) is 3. The zero-order valence-electron chi connectivity index (χ0n) is 15.5. The standard InChI is InChI=1S/C11H17N3.C9H10N2O/c1-2-10(3-1)14-11-12-6-9(7-13-11)8-4-5-8;1-9(2)6-4-3-5-10-7(6)11-8(9)12/h6-8,10-12,14H,1-5H2;3-5H,1-2H3,(H,10,11,12). The number of allylic oxidation sites excluding steroid dienone is 1. The van der Waals surface area contributed by atoms with Crippen LogP contribution in [-0.2, 0) is 10.2 Å². The zero-order chi connectivity index (χ0) is 18.1. The molecule has 2 saturated carbocycles. The van der Waals surface area contributed by atoms with E-state index in [1.807, 2.05) is 32.2 Å². The van der Waals surface area contributed by atoms with Gasteiger partial charge in [-0.3, -0.25) is 15.1 Å². The van der Waals surface area contributed by atoms with E-state index in [0.29, 0.717) is 11.9 Å². The van der Waals surface area contributed by atoms with E-state index in [1.165, 1.54) is 37.7 Å². The van der Waals surface area contributed by atoms with Crippen molar-refractivity contribution < 1.29 is 4.79 Å². The summed E-state index contributed by atoms with van der Waals surface area (Å²) in [5.41, 5.74) is 1.94. The minimum absolute atomic E-state index is 0.0243. The molecule has 138 valence electrons. The maximum absolute atomic E-state index is 11.4. The molecule has 1 atom stereocenters. The molecule has 0 saturated heterocycles. The molecule has 1 aromatic heterocycles. The average Bonchev–Trinajstić information content (AvgIpc) is 3.41. The molecule has 3 N–H and O–H groups in total. The second-order valence-electron chi connectivity index (χ2n) is 8.04. The first-order valence-corrected chi connectivity index (χ1v) is 9.56. The minimum atomic E-state index is -0.427. The molecule has 4 aliphatic rings. The molecule has 0 spiro atoms. The summed E-state index contributed by atoms with van der Waals surface area (Å²) in [7, 11) is 0. The molecule has 2 fully saturated rings.